The minimum absolute atomic E-state index is 0.181. The maximum Gasteiger partial charge on any atom is 0.0594 e. The van der Waals surface area contributed by atoms with Crippen molar-refractivity contribution in [3.63, 3.8) is 0 Å². The molecule has 0 aromatic carbocycles. The maximum absolute atomic E-state index is 5.79. The van der Waals surface area contributed by atoms with Gasteiger partial charge in [0.2, 0.25) is 0 Å². The summed E-state index contributed by atoms with van der Waals surface area (Å²) >= 11 is 0. The van der Waals surface area contributed by atoms with Crippen LogP contribution in [0, 0.1) is 0 Å². The van der Waals surface area contributed by atoms with Crippen LogP contribution in [0.1, 0.15) is 34.6 Å². The standard InChI is InChI=1S/C15H32N2O2/c1-14(2)16-6-10-18-12-8-17(15(3,4)5)9-13-19-11-7-16/h14H,6-13H2,1-5H3. The Morgan fingerprint density at radius 2 is 1.21 bits per heavy atom. The highest BCUT2D eigenvalue weighted by molar-refractivity contribution is 4.76. The first-order chi connectivity index (χ1) is 8.91. The zero-order chi connectivity index (χ0) is 14.3. The van der Waals surface area contributed by atoms with E-state index in [2.05, 4.69) is 44.4 Å². The molecule has 0 amide bonds. The van der Waals surface area contributed by atoms with Crippen LogP contribution in [-0.4, -0.2) is 74.0 Å². The van der Waals surface area contributed by atoms with Crippen molar-refractivity contribution in [1.82, 2.24) is 9.80 Å². The summed E-state index contributed by atoms with van der Waals surface area (Å²) in [6, 6.07) is 0.557. The summed E-state index contributed by atoms with van der Waals surface area (Å²) in [5.74, 6) is 0. The molecule has 1 aliphatic heterocycles. The molecule has 4 nitrogen and oxygen atoms in total. The molecule has 0 aliphatic carbocycles. The lowest BCUT2D eigenvalue weighted by Crippen LogP contribution is -2.46. The van der Waals surface area contributed by atoms with E-state index >= 15 is 0 Å². The predicted octanol–water partition coefficient (Wildman–Crippen LogP) is 1.84. The first-order valence-corrected chi connectivity index (χ1v) is 7.56. The molecule has 1 aliphatic rings. The molecule has 1 saturated heterocycles. The maximum atomic E-state index is 5.79. The fraction of sp³-hybridized carbons (Fsp3) is 1.00. The van der Waals surface area contributed by atoms with Crippen molar-refractivity contribution < 1.29 is 9.47 Å². The molecule has 0 atom stereocenters. The van der Waals surface area contributed by atoms with E-state index in [9.17, 15) is 0 Å². The smallest absolute Gasteiger partial charge is 0.0594 e. The highest BCUT2D eigenvalue weighted by atomic mass is 16.5. The molecule has 0 N–H and O–H groups in total. The Morgan fingerprint density at radius 1 is 0.789 bits per heavy atom. The van der Waals surface area contributed by atoms with Crippen molar-refractivity contribution in [1.29, 1.82) is 0 Å². The molecule has 0 aromatic heterocycles. The monoisotopic (exact) mass is 272 g/mol. The van der Waals surface area contributed by atoms with Crippen molar-refractivity contribution in [2.45, 2.75) is 46.2 Å². The second-order valence-electron chi connectivity index (χ2n) is 6.51. The average Bonchev–Trinajstić information content (AvgIpc) is 2.27. The van der Waals surface area contributed by atoms with E-state index in [0.29, 0.717) is 6.04 Å². The molecule has 4 heteroatoms. The lowest BCUT2D eigenvalue weighted by Gasteiger charge is -2.36. The van der Waals surface area contributed by atoms with Crippen LogP contribution in [0.2, 0.25) is 0 Å². The fourth-order valence-electron chi connectivity index (χ4n) is 2.33. The molecular formula is C15H32N2O2. The summed E-state index contributed by atoms with van der Waals surface area (Å²) in [5, 5.41) is 0. The summed E-state index contributed by atoms with van der Waals surface area (Å²) in [4.78, 5) is 4.86. The van der Waals surface area contributed by atoms with Gasteiger partial charge in [0.05, 0.1) is 26.4 Å². The van der Waals surface area contributed by atoms with Gasteiger partial charge in [0.1, 0.15) is 0 Å². The largest absolute Gasteiger partial charge is 0.379 e. The predicted molar refractivity (Wildman–Crippen MR) is 79.7 cm³/mol. The van der Waals surface area contributed by atoms with Gasteiger partial charge in [0.25, 0.3) is 0 Å². The van der Waals surface area contributed by atoms with Gasteiger partial charge in [0.15, 0.2) is 0 Å². The van der Waals surface area contributed by atoms with Crippen molar-refractivity contribution in [2.24, 2.45) is 0 Å². The zero-order valence-corrected chi connectivity index (χ0v) is 13.4. The van der Waals surface area contributed by atoms with Gasteiger partial charge < -0.3 is 9.47 Å². The van der Waals surface area contributed by atoms with E-state index < -0.39 is 0 Å². The molecule has 114 valence electrons. The van der Waals surface area contributed by atoms with Crippen LogP contribution in [0.25, 0.3) is 0 Å². The third-order valence-electron chi connectivity index (χ3n) is 3.74. The second-order valence-corrected chi connectivity index (χ2v) is 6.51. The van der Waals surface area contributed by atoms with Gasteiger partial charge in [-0.25, -0.2) is 0 Å². The molecule has 1 rings (SSSR count). The van der Waals surface area contributed by atoms with Crippen LogP contribution < -0.4 is 0 Å². The minimum Gasteiger partial charge on any atom is -0.379 e. The van der Waals surface area contributed by atoms with Gasteiger partial charge in [-0.1, -0.05) is 0 Å². The summed E-state index contributed by atoms with van der Waals surface area (Å²) in [5.41, 5.74) is 0.181. The highest BCUT2D eigenvalue weighted by Gasteiger charge is 2.21. The van der Waals surface area contributed by atoms with Gasteiger partial charge in [-0.2, -0.15) is 0 Å². The van der Waals surface area contributed by atoms with E-state index in [1.54, 1.807) is 0 Å². The molecule has 0 aromatic rings. The third kappa shape index (κ3) is 6.70. The zero-order valence-electron chi connectivity index (χ0n) is 13.4. The molecule has 0 bridgehead atoms. The number of hydrogen-bond acceptors (Lipinski definition) is 4. The average molecular weight is 272 g/mol. The normalized spacial score (nSPS) is 23.1. The van der Waals surface area contributed by atoms with E-state index in [-0.39, 0.29) is 5.54 Å². The minimum atomic E-state index is 0.181. The van der Waals surface area contributed by atoms with Crippen molar-refractivity contribution in [3.8, 4) is 0 Å². The van der Waals surface area contributed by atoms with E-state index in [1.807, 2.05) is 0 Å². The fourth-order valence-corrected chi connectivity index (χ4v) is 2.33. The van der Waals surface area contributed by atoms with Gasteiger partial charge in [-0.15, -0.1) is 0 Å². The van der Waals surface area contributed by atoms with E-state index in [0.717, 1.165) is 52.6 Å². The Morgan fingerprint density at radius 3 is 1.58 bits per heavy atom. The van der Waals surface area contributed by atoms with Crippen LogP contribution in [0.5, 0.6) is 0 Å². The van der Waals surface area contributed by atoms with Gasteiger partial charge in [-0.3, -0.25) is 9.80 Å². The Hall–Kier alpha value is -0.160. The Labute approximate surface area is 119 Å². The van der Waals surface area contributed by atoms with Crippen LogP contribution in [0.3, 0.4) is 0 Å². The summed E-state index contributed by atoms with van der Waals surface area (Å²) in [6.45, 7) is 18.4. The topological polar surface area (TPSA) is 24.9 Å². The quantitative estimate of drug-likeness (QED) is 0.727. The Bertz CT molecular complexity index is 225. The van der Waals surface area contributed by atoms with Crippen LogP contribution in [0.15, 0.2) is 0 Å². The van der Waals surface area contributed by atoms with Gasteiger partial charge >= 0.3 is 0 Å². The number of rotatable bonds is 1. The summed E-state index contributed by atoms with van der Waals surface area (Å²) in [7, 11) is 0. The number of hydrogen-bond donors (Lipinski definition) is 0. The second kappa shape index (κ2) is 8.20. The lowest BCUT2D eigenvalue weighted by atomic mass is 10.1. The lowest BCUT2D eigenvalue weighted by molar-refractivity contribution is 0.00795. The molecular weight excluding hydrogens is 240 g/mol. The number of nitrogens with zero attached hydrogens (tertiary/aromatic N) is 2. The van der Waals surface area contributed by atoms with E-state index in [4.69, 9.17) is 9.47 Å². The highest BCUT2D eigenvalue weighted by Crippen LogP contribution is 2.12. The summed E-state index contributed by atoms with van der Waals surface area (Å²) < 4.78 is 11.6. The number of ether oxygens (including phenoxy) is 2. The van der Waals surface area contributed by atoms with Crippen LogP contribution in [0.4, 0.5) is 0 Å². The van der Waals surface area contributed by atoms with Crippen molar-refractivity contribution >= 4 is 0 Å². The molecule has 0 saturated carbocycles. The molecule has 0 spiro atoms. The molecule has 0 unspecified atom stereocenters. The Kier molecular flexibility index (Phi) is 7.29. The van der Waals surface area contributed by atoms with Crippen molar-refractivity contribution in [3.05, 3.63) is 0 Å². The van der Waals surface area contributed by atoms with Gasteiger partial charge in [-0.05, 0) is 34.6 Å². The SMILES string of the molecule is CC(C)N1CCOCCN(C(C)(C)C)CCOCC1. The summed E-state index contributed by atoms with van der Waals surface area (Å²) in [6.07, 6.45) is 0. The first-order valence-electron chi connectivity index (χ1n) is 7.56. The van der Waals surface area contributed by atoms with Crippen molar-refractivity contribution in [2.75, 3.05) is 52.6 Å². The third-order valence-corrected chi connectivity index (χ3v) is 3.74. The molecule has 19 heavy (non-hydrogen) atoms. The molecule has 1 fully saturated rings. The van der Waals surface area contributed by atoms with E-state index in [1.165, 1.54) is 0 Å². The first kappa shape index (κ1) is 16.9. The molecule has 1 heterocycles. The van der Waals surface area contributed by atoms with Crippen LogP contribution >= 0.6 is 0 Å². The van der Waals surface area contributed by atoms with Crippen LogP contribution in [-0.2, 0) is 9.47 Å². The Balaban J connectivity index is 2.45. The van der Waals surface area contributed by atoms with Gasteiger partial charge in [0, 0.05) is 37.8 Å². The molecule has 0 radical (unpaired) electrons.